The Hall–Kier alpha value is -3.61. The number of aryl methyl sites for hydroxylation is 2. The molecular formula is C23H26N4O3. The molecule has 1 heterocycles. The Morgan fingerprint density at radius 2 is 1.83 bits per heavy atom. The molecule has 7 nitrogen and oxygen atoms in total. The van der Waals surface area contributed by atoms with Crippen molar-refractivity contribution in [1.29, 1.82) is 0 Å². The van der Waals surface area contributed by atoms with Gasteiger partial charge in [-0.1, -0.05) is 18.2 Å². The van der Waals surface area contributed by atoms with Crippen LogP contribution >= 0.6 is 0 Å². The van der Waals surface area contributed by atoms with Crippen molar-refractivity contribution in [3.8, 4) is 11.5 Å². The molecule has 0 atom stereocenters. The Labute approximate surface area is 175 Å². The zero-order valence-corrected chi connectivity index (χ0v) is 17.8. The molecule has 0 saturated carbocycles. The average molecular weight is 406 g/mol. The van der Waals surface area contributed by atoms with Gasteiger partial charge in [0.15, 0.2) is 11.4 Å². The molecule has 1 aromatic heterocycles. The van der Waals surface area contributed by atoms with Crippen LogP contribution in [0.4, 0.5) is 11.4 Å². The highest BCUT2D eigenvalue weighted by Crippen LogP contribution is 2.31. The van der Waals surface area contributed by atoms with Crippen molar-refractivity contribution >= 4 is 17.3 Å². The first-order valence-electron chi connectivity index (χ1n) is 9.74. The van der Waals surface area contributed by atoms with E-state index in [4.69, 9.17) is 4.74 Å². The quantitative estimate of drug-likeness (QED) is 0.645. The molecule has 0 radical (unpaired) electrons. The van der Waals surface area contributed by atoms with Gasteiger partial charge in [-0.25, -0.2) is 4.68 Å². The molecule has 3 rings (SSSR count). The van der Waals surface area contributed by atoms with Crippen molar-refractivity contribution in [2.75, 3.05) is 5.32 Å². The zero-order chi connectivity index (χ0) is 21.8. The SMILES string of the molecule is Cc1cccc(Oc2cnn(C)c(=O)c2Nc2cccc(C(=O)NC(C)C)c2)c1C. The van der Waals surface area contributed by atoms with E-state index in [2.05, 4.69) is 15.7 Å². The largest absolute Gasteiger partial charge is 0.453 e. The summed E-state index contributed by atoms with van der Waals surface area (Å²) in [6, 6.07) is 12.7. The lowest BCUT2D eigenvalue weighted by Gasteiger charge is -2.15. The second kappa shape index (κ2) is 8.82. The molecule has 0 unspecified atom stereocenters. The third-order valence-electron chi connectivity index (χ3n) is 4.69. The van der Waals surface area contributed by atoms with E-state index in [1.165, 1.54) is 10.9 Å². The van der Waals surface area contributed by atoms with Crippen LogP contribution in [0.15, 0.2) is 53.5 Å². The fourth-order valence-corrected chi connectivity index (χ4v) is 2.90. The number of benzene rings is 2. The van der Waals surface area contributed by atoms with Gasteiger partial charge in [0.25, 0.3) is 11.5 Å². The monoisotopic (exact) mass is 406 g/mol. The molecule has 0 aliphatic carbocycles. The van der Waals surface area contributed by atoms with E-state index in [0.717, 1.165) is 11.1 Å². The van der Waals surface area contributed by atoms with Gasteiger partial charge >= 0.3 is 0 Å². The molecule has 0 saturated heterocycles. The van der Waals surface area contributed by atoms with Gasteiger partial charge in [0, 0.05) is 24.3 Å². The predicted octanol–water partition coefficient (Wildman–Crippen LogP) is 4.07. The van der Waals surface area contributed by atoms with Crippen LogP contribution in [-0.4, -0.2) is 21.7 Å². The van der Waals surface area contributed by atoms with Crippen molar-refractivity contribution < 1.29 is 9.53 Å². The third kappa shape index (κ3) is 4.68. The predicted molar refractivity (Wildman–Crippen MR) is 118 cm³/mol. The van der Waals surface area contributed by atoms with E-state index >= 15 is 0 Å². The van der Waals surface area contributed by atoms with Gasteiger partial charge < -0.3 is 15.4 Å². The van der Waals surface area contributed by atoms with E-state index in [9.17, 15) is 9.59 Å². The molecular weight excluding hydrogens is 380 g/mol. The number of carbonyl (C=O) groups excluding carboxylic acids is 1. The second-order valence-corrected chi connectivity index (χ2v) is 7.45. The number of ether oxygens (including phenoxy) is 1. The fourth-order valence-electron chi connectivity index (χ4n) is 2.90. The Morgan fingerprint density at radius 1 is 1.10 bits per heavy atom. The maximum Gasteiger partial charge on any atom is 0.294 e. The van der Waals surface area contributed by atoms with E-state index in [0.29, 0.717) is 22.7 Å². The highest BCUT2D eigenvalue weighted by atomic mass is 16.5. The number of nitrogens with zero attached hydrogens (tertiary/aromatic N) is 2. The molecule has 2 aromatic carbocycles. The Morgan fingerprint density at radius 3 is 2.57 bits per heavy atom. The minimum absolute atomic E-state index is 0.0270. The molecule has 0 aliphatic rings. The standard InChI is InChI=1S/C23H26N4O3/c1-14(2)25-22(28)17-9-7-10-18(12-17)26-21-20(13-24-27(5)23(21)29)30-19-11-6-8-15(3)16(19)4/h6-14,26H,1-5H3,(H,25,28). The number of hydrogen-bond acceptors (Lipinski definition) is 5. The van der Waals surface area contributed by atoms with E-state index in [1.807, 2.05) is 45.9 Å². The smallest absolute Gasteiger partial charge is 0.294 e. The van der Waals surface area contributed by atoms with Gasteiger partial charge in [-0.3, -0.25) is 9.59 Å². The number of nitrogens with one attached hydrogen (secondary N) is 2. The van der Waals surface area contributed by atoms with Crippen LogP contribution in [0.25, 0.3) is 0 Å². The Bertz CT molecular complexity index is 1140. The van der Waals surface area contributed by atoms with Crippen LogP contribution in [0.2, 0.25) is 0 Å². The lowest BCUT2D eigenvalue weighted by Crippen LogP contribution is -2.30. The van der Waals surface area contributed by atoms with Crippen LogP contribution in [0.5, 0.6) is 11.5 Å². The molecule has 1 amide bonds. The lowest BCUT2D eigenvalue weighted by molar-refractivity contribution is 0.0943. The topological polar surface area (TPSA) is 85.2 Å². The highest BCUT2D eigenvalue weighted by Gasteiger charge is 2.15. The van der Waals surface area contributed by atoms with E-state index in [1.54, 1.807) is 31.3 Å². The summed E-state index contributed by atoms with van der Waals surface area (Å²) in [5.74, 6) is 0.783. The van der Waals surface area contributed by atoms with Crippen molar-refractivity contribution in [3.05, 3.63) is 75.7 Å². The molecule has 0 aliphatic heterocycles. The number of carbonyl (C=O) groups is 1. The number of rotatable bonds is 6. The van der Waals surface area contributed by atoms with Crippen LogP contribution in [-0.2, 0) is 7.05 Å². The first-order valence-corrected chi connectivity index (χ1v) is 9.74. The summed E-state index contributed by atoms with van der Waals surface area (Å²) in [4.78, 5) is 25.1. The second-order valence-electron chi connectivity index (χ2n) is 7.45. The summed E-state index contributed by atoms with van der Waals surface area (Å²) in [6.45, 7) is 7.76. The molecule has 30 heavy (non-hydrogen) atoms. The number of anilines is 2. The normalized spacial score (nSPS) is 10.7. The molecule has 2 N–H and O–H groups in total. The maximum absolute atomic E-state index is 12.8. The minimum atomic E-state index is -0.338. The van der Waals surface area contributed by atoms with Gasteiger partial charge in [-0.2, -0.15) is 5.10 Å². The van der Waals surface area contributed by atoms with E-state index in [-0.39, 0.29) is 23.2 Å². The van der Waals surface area contributed by atoms with Crippen molar-refractivity contribution in [3.63, 3.8) is 0 Å². The third-order valence-corrected chi connectivity index (χ3v) is 4.69. The van der Waals surface area contributed by atoms with E-state index < -0.39 is 0 Å². The first kappa shape index (κ1) is 21.1. The van der Waals surface area contributed by atoms with Gasteiger partial charge in [0.2, 0.25) is 0 Å². The summed E-state index contributed by atoms with van der Waals surface area (Å²) in [7, 11) is 1.57. The van der Waals surface area contributed by atoms with Crippen LogP contribution in [0.1, 0.15) is 35.3 Å². The van der Waals surface area contributed by atoms with Gasteiger partial charge in [-0.15, -0.1) is 0 Å². The molecule has 156 valence electrons. The van der Waals surface area contributed by atoms with Gasteiger partial charge in [0.1, 0.15) is 5.75 Å². The Balaban J connectivity index is 1.96. The summed E-state index contributed by atoms with van der Waals surface area (Å²) < 4.78 is 7.27. The highest BCUT2D eigenvalue weighted by molar-refractivity contribution is 5.95. The van der Waals surface area contributed by atoms with Crippen LogP contribution in [0.3, 0.4) is 0 Å². The van der Waals surface area contributed by atoms with Crippen molar-refractivity contribution in [2.24, 2.45) is 7.05 Å². The molecule has 7 heteroatoms. The summed E-state index contributed by atoms with van der Waals surface area (Å²) >= 11 is 0. The molecule has 0 spiro atoms. The Kier molecular flexibility index (Phi) is 6.20. The lowest BCUT2D eigenvalue weighted by atomic mass is 10.1. The molecule has 0 fully saturated rings. The minimum Gasteiger partial charge on any atom is -0.453 e. The molecule has 3 aromatic rings. The number of amides is 1. The van der Waals surface area contributed by atoms with Crippen molar-refractivity contribution in [1.82, 2.24) is 15.1 Å². The van der Waals surface area contributed by atoms with Crippen LogP contribution in [0, 0.1) is 13.8 Å². The summed E-state index contributed by atoms with van der Waals surface area (Å²) in [6.07, 6.45) is 1.50. The first-order chi connectivity index (χ1) is 14.3. The van der Waals surface area contributed by atoms with Gasteiger partial charge in [0.05, 0.1) is 6.20 Å². The van der Waals surface area contributed by atoms with Crippen molar-refractivity contribution in [2.45, 2.75) is 33.7 Å². The zero-order valence-electron chi connectivity index (χ0n) is 17.8. The fraction of sp³-hybridized carbons (Fsp3) is 0.261. The number of hydrogen-bond donors (Lipinski definition) is 2. The number of aromatic nitrogens is 2. The molecule has 0 bridgehead atoms. The summed E-state index contributed by atoms with van der Waals surface area (Å²) in [5, 5.41) is 10.0. The summed E-state index contributed by atoms with van der Waals surface area (Å²) in [5.41, 5.74) is 3.07. The average Bonchev–Trinajstić information content (AvgIpc) is 2.70. The van der Waals surface area contributed by atoms with Gasteiger partial charge in [-0.05, 0) is 63.1 Å². The van der Waals surface area contributed by atoms with Crippen LogP contribution < -0.4 is 20.9 Å². The maximum atomic E-state index is 12.8.